The van der Waals surface area contributed by atoms with Crippen LogP contribution in [0.5, 0.6) is 5.75 Å². The van der Waals surface area contributed by atoms with E-state index in [0.29, 0.717) is 23.6 Å². The third-order valence-corrected chi connectivity index (χ3v) is 4.23. The molecule has 1 amide bonds. The van der Waals surface area contributed by atoms with Gasteiger partial charge in [-0.25, -0.2) is 15.0 Å². The Morgan fingerprint density at radius 3 is 2.89 bits per heavy atom. The van der Waals surface area contributed by atoms with E-state index in [1.165, 1.54) is 0 Å². The summed E-state index contributed by atoms with van der Waals surface area (Å²) in [5.41, 5.74) is 3.72. The van der Waals surface area contributed by atoms with Gasteiger partial charge in [-0.1, -0.05) is 12.1 Å². The number of nitrogens with zero attached hydrogens (tertiary/aromatic N) is 4. The Bertz CT molecular complexity index is 1150. The molecule has 0 bridgehead atoms. The number of anilines is 1. The van der Waals surface area contributed by atoms with Gasteiger partial charge in [0.25, 0.3) is 5.91 Å². The molecule has 7 heteroatoms. The number of ether oxygens (including phenoxy) is 1. The molecule has 3 aromatic heterocycles. The second kappa shape index (κ2) is 7.48. The van der Waals surface area contributed by atoms with Crippen molar-refractivity contribution < 1.29 is 9.53 Å². The number of hydrogen-bond donors (Lipinski definition) is 1. The number of aromatic nitrogens is 4. The molecule has 0 fully saturated rings. The van der Waals surface area contributed by atoms with Crippen LogP contribution in [0.4, 0.5) is 5.95 Å². The molecule has 0 aliphatic heterocycles. The zero-order valence-corrected chi connectivity index (χ0v) is 15.6. The smallest absolute Gasteiger partial charge is 0.258 e. The lowest BCUT2D eigenvalue weighted by atomic mass is 10.2. The van der Waals surface area contributed by atoms with E-state index in [1.807, 2.05) is 48.7 Å². The van der Waals surface area contributed by atoms with Crippen LogP contribution in [0, 0.1) is 6.92 Å². The van der Waals surface area contributed by atoms with Crippen LogP contribution < -0.4 is 10.1 Å². The van der Waals surface area contributed by atoms with E-state index in [9.17, 15) is 4.79 Å². The fourth-order valence-electron chi connectivity index (χ4n) is 3.04. The van der Waals surface area contributed by atoms with E-state index in [1.54, 1.807) is 30.5 Å². The molecule has 1 aromatic carbocycles. The summed E-state index contributed by atoms with van der Waals surface area (Å²) in [6, 6.07) is 14.6. The van der Waals surface area contributed by atoms with E-state index >= 15 is 0 Å². The Morgan fingerprint density at radius 1 is 1.14 bits per heavy atom. The first kappa shape index (κ1) is 17.7. The van der Waals surface area contributed by atoms with Crippen molar-refractivity contribution in [2.24, 2.45) is 0 Å². The summed E-state index contributed by atoms with van der Waals surface area (Å²) in [5, 5.41) is 2.75. The molecule has 0 saturated carbocycles. The third-order valence-electron chi connectivity index (χ3n) is 4.23. The first-order valence-corrected chi connectivity index (χ1v) is 8.97. The molecule has 3 heterocycles. The molecule has 0 radical (unpaired) electrons. The van der Waals surface area contributed by atoms with E-state index in [2.05, 4.69) is 20.3 Å². The van der Waals surface area contributed by atoms with E-state index in [0.717, 1.165) is 17.0 Å². The molecule has 140 valence electrons. The van der Waals surface area contributed by atoms with Crippen LogP contribution in [-0.4, -0.2) is 31.9 Å². The summed E-state index contributed by atoms with van der Waals surface area (Å²) in [5.74, 6) is 0.578. The van der Waals surface area contributed by atoms with Crippen molar-refractivity contribution in [3.05, 3.63) is 72.2 Å². The van der Waals surface area contributed by atoms with Gasteiger partial charge < -0.3 is 4.74 Å². The molecule has 0 aliphatic carbocycles. The van der Waals surface area contributed by atoms with E-state index in [4.69, 9.17) is 4.74 Å². The minimum Gasteiger partial charge on any atom is -0.494 e. The molecular formula is C21H19N5O2. The largest absolute Gasteiger partial charge is 0.494 e. The molecule has 0 saturated heterocycles. The number of nitrogens with one attached hydrogen (secondary N) is 1. The van der Waals surface area contributed by atoms with Gasteiger partial charge in [0.2, 0.25) is 5.95 Å². The topological polar surface area (TPSA) is 81.4 Å². The maximum atomic E-state index is 12.6. The van der Waals surface area contributed by atoms with Crippen molar-refractivity contribution >= 4 is 17.5 Å². The van der Waals surface area contributed by atoms with Crippen molar-refractivity contribution in [2.45, 2.75) is 13.8 Å². The fraction of sp³-hybridized carbons (Fsp3) is 0.143. The van der Waals surface area contributed by atoms with Crippen molar-refractivity contribution in [1.82, 2.24) is 19.4 Å². The van der Waals surface area contributed by atoms with Gasteiger partial charge in [-0.05, 0) is 50.2 Å². The maximum Gasteiger partial charge on any atom is 0.258 e. The average molecular weight is 373 g/mol. The van der Waals surface area contributed by atoms with Crippen LogP contribution >= 0.6 is 0 Å². The van der Waals surface area contributed by atoms with Crippen molar-refractivity contribution in [3.63, 3.8) is 0 Å². The lowest BCUT2D eigenvalue weighted by molar-refractivity contribution is 0.102. The number of carbonyl (C=O) groups excluding carboxylic acids is 1. The molecule has 4 rings (SSSR count). The molecule has 0 aliphatic rings. The van der Waals surface area contributed by atoms with Gasteiger partial charge >= 0.3 is 0 Å². The Kier molecular flexibility index (Phi) is 4.72. The Hall–Kier alpha value is -3.74. The maximum absolute atomic E-state index is 12.6. The predicted molar refractivity (Wildman–Crippen MR) is 107 cm³/mol. The third kappa shape index (κ3) is 3.42. The molecule has 7 nitrogen and oxygen atoms in total. The van der Waals surface area contributed by atoms with Crippen LogP contribution in [0.2, 0.25) is 0 Å². The first-order chi connectivity index (χ1) is 13.7. The van der Waals surface area contributed by atoms with E-state index in [-0.39, 0.29) is 11.9 Å². The zero-order chi connectivity index (χ0) is 19.5. The highest BCUT2D eigenvalue weighted by molar-refractivity contribution is 6.03. The summed E-state index contributed by atoms with van der Waals surface area (Å²) in [6.45, 7) is 4.37. The number of hydrogen-bond acceptors (Lipinski definition) is 5. The van der Waals surface area contributed by atoms with Gasteiger partial charge in [0.05, 0.1) is 23.7 Å². The number of pyridine rings is 1. The van der Waals surface area contributed by atoms with Crippen LogP contribution in [0.15, 0.2) is 60.9 Å². The summed E-state index contributed by atoms with van der Waals surface area (Å²) in [6.07, 6.45) is 3.56. The SMILES string of the molecule is CCOc1cccc(C(=O)Nc2nccc(-c3c(C)nc4ccccn34)n2)c1. The molecule has 28 heavy (non-hydrogen) atoms. The van der Waals surface area contributed by atoms with Gasteiger partial charge in [0.1, 0.15) is 11.4 Å². The van der Waals surface area contributed by atoms with Crippen LogP contribution in [0.1, 0.15) is 23.0 Å². The minimum atomic E-state index is -0.298. The fourth-order valence-corrected chi connectivity index (χ4v) is 3.04. The molecule has 0 unspecified atom stereocenters. The lowest BCUT2D eigenvalue weighted by Gasteiger charge is -2.08. The number of amides is 1. The van der Waals surface area contributed by atoms with E-state index < -0.39 is 0 Å². The number of rotatable bonds is 5. The number of carbonyl (C=O) groups is 1. The van der Waals surface area contributed by atoms with Crippen molar-refractivity contribution in [2.75, 3.05) is 11.9 Å². The quantitative estimate of drug-likeness (QED) is 0.576. The van der Waals surface area contributed by atoms with Crippen LogP contribution in [-0.2, 0) is 0 Å². The number of benzene rings is 1. The Labute approximate surface area is 162 Å². The second-order valence-corrected chi connectivity index (χ2v) is 6.16. The molecule has 4 aromatic rings. The molecule has 0 atom stereocenters. The van der Waals surface area contributed by atoms with Gasteiger partial charge in [0.15, 0.2) is 0 Å². The highest BCUT2D eigenvalue weighted by atomic mass is 16.5. The van der Waals surface area contributed by atoms with Gasteiger partial charge in [0, 0.05) is 18.0 Å². The normalized spacial score (nSPS) is 10.8. The second-order valence-electron chi connectivity index (χ2n) is 6.16. The minimum absolute atomic E-state index is 0.231. The van der Waals surface area contributed by atoms with Crippen molar-refractivity contribution in [1.29, 1.82) is 0 Å². The highest BCUT2D eigenvalue weighted by Gasteiger charge is 2.14. The van der Waals surface area contributed by atoms with Crippen molar-refractivity contribution in [3.8, 4) is 17.1 Å². The standard InChI is InChI=1S/C21H19N5O2/c1-3-28-16-8-6-7-15(13-16)20(27)25-21-22-11-10-17(24-21)19-14(2)23-18-9-4-5-12-26(18)19/h4-13H,3H2,1-2H3,(H,22,24,25,27). The molecular weight excluding hydrogens is 354 g/mol. The first-order valence-electron chi connectivity index (χ1n) is 8.97. The summed E-state index contributed by atoms with van der Waals surface area (Å²) in [4.78, 5) is 25.8. The predicted octanol–water partition coefficient (Wildman–Crippen LogP) is 3.75. The van der Waals surface area contributed by atoms with Gasteiger partial charge in [-0.2, -0.15) is 0 Å². The van der Waals surface area contributed by atoms with Crippen LogP contribution in [0.3, 0.4) is 0 Å². The Morgan fingerprint density at radius 2 is 2.04 bits per heavy atom. The number of fused-ring (bicyclic) bond motifs is 1. The monoisotopic (exact) mass is 373 g/mol. The molecule has 0 spiro atoms. The lowest BCUT2D eigenvalue weighted by Crippen LogP contribution is -2.14. The van der Waals surface area contributed by atoms with Gasteiger partial charge in [-0.15, -0.1) is 0 Å². The summed E-state index contributed by atoms with van der Waals surface area (Å²) in [7, 11) is 0. The number of imidazole rings is 1. The van der Waals surface area contributed by atoms with Crippen LogP contribution in [0.25, 0.3) is 17.0 Å². The number of aryl methyl sites for hydroxylation is 1. The highest BCUT2D eigenvalue weighted by Crippen LogP contribution is 2.23. The summed E-state index contributed by atoms with van der Waals surface area (Å²) >= 11 is 0. The van der Waals surface area contributed by atoms with Gasteiger partial charge in [-0.3, -0.25) is 14.5 Å². The summed E-state index contributed by atoms with van der Waals surface area (Å²) < 4.78 is 7.42. The molecule has 1 N–H and O–H groups in total. The average Bonchev–Trinajstić information content (AvgIpc) is 3.04. The Balaban J connectivity index is 1.63. The zero-order valence-electron chi connectivity index (χ0n) is 15.6.